The van der Waals surface area contributed by atoms with Crippen LogP contribution in [-0.4, -0.2) is 36.0 Å². The van der Waals surface area contributed by atoms with Crippen LogP contribution in [0.4, 0.5) is 14.9 Å². The number of rotatable bonds is 3. The summed E-state index contributed by atoms with van der Waals surface area (Å²) in [6.07, 6.45) is -0.332. The molecule has 2 amide bonds. The van der Waals surface area contributed by atoms with Crippen LogP contribution in [0.15, 0.2) is 18.2 Å². The topological polar surface area (TPSA) is 75.7 Å². The van der Waals surface area contributed by atoms with Crippen molar-refractivity contribution in [3.8, 4) is 0 Å². The molecule has 24 heavy (non-hydrogen) atoms. The van der Waals surface area contributed by atoms with Gasteiger partial charge in [0.05, 0.1) is 5.69 Å². The normalized spacial score (nSPS) is 17.8. The van der Waals surface area contributed by atoms with Crippen LogP contribution >= 0.6 is 0 Å². The van der Waals surface area contributed by atoms with E-state index < -0.39 is 29.5 Å². The van der Waals surface area contributed by atoms with E-state index in [1.807, 2.05) is 0 Å². The molecule has 1 aliphatic heterocycles. The van der Waals surface area contributed by atoms with Gasteiger partial charge in [-0.05, 0) is 52.3 Å². The Morgan fingerprint density at radius 1 is 1.33 bits per heavy atom. The SMILES string of the molecule is CC(=O)c1ccc(N2CC[C@H](NC(=O)OC(C)(C)C)C2=O)c(F)c1. The van der Waals surface area contributed by atoms with Crippen LogP contribution in [0.5, 0.6) is 0 Å². The van der Waals surface area contributed by atoms with E-state index in [0.29, 0.717) is 6.42 Å². The largest absolute Gasteiger partial charge is 0.444 e. The van der Waals surface area contributed by atoms with Crippen LogP contribution in [0.1, 0.15) is 44.5 Å². The van der Waals surface area contributed by atoms with Crippen molar-refractivity contribution in [3.05, 3.63) is 29.6 Å². The molecule has 1 N–H and O–H groups in total. The Bertz CT molecular complexity index is 682. The molecule has 130 valence electrons. The second kappa shape index (κ2) is 6.59. The van der Waals surface area contributed by atoms with Crippen molar-refractivity contribution in [2.75, 3.05) is 11.4 Å². The van der Waals surface area contributed by atoms with Gasteiger partial charge in [0, 0.05) is 12.1 Å². The number of amides is 2. The second-order valence-electron chi connectivity index (χ2n) is 6.70. The zero-order valence-corrected chi connectivity index (χ0v) is 14.2. The number of carbonyl (C=O) groups is 3. The van der Waals surface area contributed by atoms with Gasteiger partial charge in [0.25, 0.3) is 0 Å². The molecule has 6 nitrogen and oxygen atoms in total. The number of benzene rings is 1. The smallest absolute Gasteiger partial charge is 0.408 e. The Labute approximate surface area is 140 Å². The second-order valence-corrected chi connectivity index (χ2v) is 6.70. The van der Waals surface area contributed by atoms with Gasteiger partial charge in [0.15, 0.2) is 5.78 Å². The molecule has 1 fully saturated rings. The summed E-state index contributed by atoms with van der Waals surface area (Å²) in [6, 6.07) is 3.23. The fraction of sp³-hybridized carbons (Fsp3) is 0.471. The highest BCUT2D eigenvalue weighted by molar-refractivity contribution is 6.01. The van der Waals surface area contributed by atoms with Crippen molar-refractivity contribution >= 4 is 23.5 Å². The summed E-state index contributed by atoms with van der Waals surface area (Å²) >= 11 is 0. The number of nitrogens with one attached hydrogen (secondary N) is 1. The third-order valence-electron chi connectivity index (χ3n) is 3.54. The van der Waals surface area contributed by atoms with E-state index in [2.05, 4.69) is 5.32 Å². The summed E-state index contributed by atoms with van der Waals surface area (Å²) in [6.45, 7) is 6.79. The number of ether oxygens (including phenoxy) is 1. The predicted octanol–water partition coefficient (Wildman–Crippen LogP) is 2.66. The lowest BCUT2D eigenvalue weighted by Gasteiger charge is -2.22. The molecular weight excluding hydrogens is 315 g/mol. The van der Waals surface area contributed by atoms with Crippen molar-refractivity contribution in [2.24, 2.45) is 0 Å². The zero-order valence-electron chi connectivity index (χ0n) is 14.2. The third kappa shape index (κ3) is 4.10. The van der Waals surface area contributed by atoms with Gasteiger partial charge in [-0.25, -0.2) is 9.18 Å². The molecule has 0 unspecified atom stereocenters. The quantitative estimate of drug-likeness (QED) is 0.861. The predicted molar refractivity (Wildman–Crippen MR) is 86.5 cm³/mol. The van der Waals surface area contributed by atoms with Crippen LogP contribution in [0, 0.1) is 5.82 Å². The molecule has 0 aromatic heterocycles. The van der Waals surface area contributed by atoms with E-state index in [1.54, 1.807) is 20.8 Å². The van der Waals surface area contributed by atoms with Crippen molar-refractivity contribution in [3.63, 3.8) is 0 Å². The highest BCUT2D eigenvalue weighted by atomic mass is 19.1. The summed E-state index contributed by atoms with van der Waals surface area (Å²) in [5.41, 5.74) is -0.329. The van der Waals surface area contributed by atoms with Crippen molar-refractivity contribution in [2.45, 2.75) is 45.8 Å². The number of Topliss-reactive ketones (excluding diaryl/α,β-unsaturated/α-hetero) is 1. The average molecular weight is 336 g/mol. The number of nitrogens with zero attached hydrogens (tertiary/aromatic N) is 1. The van der Waals surface area contributed by atoms with Gasteiger partial charge in [-0.2, -0.15) is 0 Å². The summed E-state index contributed by atoms with van der Waals surface area (Å²) in [5.74, 6) is -1.30. The number of anilines is 1. The molecular formula is C17H21FN2O4. The Kier molecular flexibility index (Phi) is 4.91. The first-order valence-corrected chi connectivity index (χ1v) is 7.70. The molecule has 0 saturated carbocycles. The first-order chi connectivity index (χ1) is 11.1. The van der Waals surface area contributed by atoms with E-state index in [4.69, 9.17) is 4.74 Å². The molecule has 0 bridgehead atoms. The molecule has 1 aromatic carbocycles. The number of halogens is 1. The van der Waals surface area contributed by atoms with Crippen LogP contribution in [0.25, 0.3) is 0 Å². The standard InChI is InChI=1S/C17H21FN2O4/c1-10(21)11-5-6-14(12(18)9-11)20-8-7-13(15(20)22)19-16(23)24-17(2,3)4/h5-6,9,13H,7-8H2,1-4H3,(H,19,23)/t13-/m0/s1. The lowest BCUT2D eigenvalue weighted by molar-refractivity contribution is -0.118. The number of ketones is 1. The molecule has 1 aromatic rings. The van der Waals surface area contributed by atoms with Crippen molar-refractivity contribution in [1.82, 2.24) is 5.32 Å². The molecule has 1 saturated heterocycles. The summed E-state index contributed by atoms with van der Waals surface area (Å²) in [5, 5.41) is 2.51. The number of hydrogen-bond donors (Lipinski definition) is 1. The first kappa shape index (κ1) is 17.9. The Morgan fingerprint density at radius 3 is 2.54 bits per heavy atom. The zero-order chi connectivity index (χ0) is 18.1. The van der Waals surface area contributed by atoms with Gasteiger partial charge >= 0.3 is 6.09 Å². The summed E-state index contributed by atoms with van der Waals surface area (Å²) in [7, 11) is 0. The summed E-state index contributed by atoms with van der Waals surface area (Å²) in [4.78, 5) is 36.7. The molecule has 2 rings (SSSR count). The number of hydrogen-bond acceptors (Lipinski definition) is 4. The molecule has 0 radical (unpaired) electrons. The molecule has 0 spiro atoms. The molecule has 1 atom stereocenters. The Balaban J connectivity index is 2.09. The lowest BCUT2D eigenvalue weighted by atomic mass is 10.1. The van der Waals surface area contributed by atoms with Gasteiger partial charge < -0.3 is 15.0 Å². The molecule has 7 heteroatoms. The van der Waals surface area contributed by atoms with E-state index >= 15 is 0 Å². The highest BCUT2D eigenvalue weighted by Crippen LogP contribution is 2.26. The van der Waals surface area contributed by atoms with Crippen LogP contribution in [-0.2, 0) is 9.53 Å². The first-order valence-electron chi connectivity index (χ1n) is 7.70. The van der Waals surface area contributed by atoms with E-state index in [1.165, 1.54) is 24.0 Å². The maximum absolute atomic E-state index is 14.2. The molecule has 1 heterocycles. The third-order valence-corrected chi connectivity index (χ3v) is 3.54. The van der Waals surface area contributed by atoms with Gasteiger partial charge in [-0.3, -0.25) is 9.59 Å². The molecule has 0 aliphatic carbocycles. The van der Waals surface area contributed by atoms with E-state index in [0.717, 1.165) is 6.07 Å². The fourth-order valence-corrected chi connectivity index (χ4v) is 2.45. The minimum absolute atomic E-state index is 0.0958. The maximum atomic E-state index is 14.2. The van der Waals surface area contributed by atoms with Gasteiger partial charge in [0.1, 0.15) is 17.5 Å². The van der Waals surface area contributed by atoms with Crippen LogP contribution in [0.3, 0.4) is 0 Å². The Hall–Kier alpha value is -2.44. The van der Waals surface area contributed by atoms with Gasteiger partial charge in [-0.1, -0.05) is 0 Å². The lowest BCUT2D eigenvalue weighted by Crippen LogP contribution is -2.43. The van der Waals surface area contributed by atoms with Crippen LogP contribution in [0.2, 0.25) is 0 Å². The monoisotopic (exact) mass is 336 g/mol. The maximum Gasteiger partial charge on any atom is 0.408 e. The van der Waals surface area contributed by atoms with Gasteiger partial charge in [-0.15, -0.1) is 0 Å². The minimum Gasteiger partial charge on any atom is -0.444 e. The number of carbonyl (C=O) groups excluding carboxylic acids is 3. The van der Waals surface area contributed by atoms with Crippen LogP contribution < -0.4 is 10.2 Å². The van der Waals surface area contributed by atoms with Crippen molar-refractivity contribution < 1.29 is 23.5 Å². The minimum atomic E-state index is -0.758. The van der Waals surface area contributed by atoms with E-state index in [9.17, 15) is 18.8 Å². The number of alkyl carbamates (subject to hydrolysis) is 1. The van der Waals surface area contributed by atoms with Crippen molar-refractivity contribution in [1.29, 1.82) is 0 Å². The summed E-state index contributed by atoms with van der Waals surface area (Å²) < 4.78 is 19.3. The Morgan fingerprint density at radius 2 is 2.00 bits per heavy atom. The van der Waals surface area contributed by atoms with Gasteiger partial charge in [0.2, 0.25) is 5.91 Å². The van der Waals surface area contributed by atoms with E-state index in [-0.39, 0.29) is 23.6 Å². The fourth-order valence-electron chi connectivity index (χ4n) is 2.45. The average Bonchev–Trinajstić information content (AvgIpc) is 2.78. The molecule has 1 aliphatic rings. The highest BCUT2D eigenvalue weighted by Gasteiger charge is 2.35.